The van der Waals surface area contributed by atoms with Crippen LogP contribution in [0.4, 0.5) is 8.78 Å². The van der Waals surface area contributed by atoms with E-state index in [9.17, 15) is 13.6 Å². The Morgan fingerprint density at radius 1 is 1.50 bits per heavy atom. The molecular weight excluding hydrogens is 318 g/mol. The van der Waals surface area contributed by atoms with E-state index in [0.717, 1.165) is 5.56 Å². The maximum absolute atomic E-state index is 12.8. The molecule has 1 saturated heterocycles. The highest BCUT2D eigenvalue weighted by molar-refractivity contribution is 5.99. The van der Waals surface area contributed by atoms with Gasteiger partial charge in [-0.25, -0.2) is 0 Å². The topological polar surface area (TPSA) is 60.2 Å². The van der Waals surface area contributed by atoms with Gasteiger partial charge in [0.25, 0.3) is 5.91 Å². The molecule has 0 aliphatic carbocycles. The Kier molecular flexibility index (Phi) is 4.84. The largest absolute Gasteiger partial charge is 0.345 e. The monoisotopic (exact) mass is 336 g/mol. The van der Waals surface area contributed by atoms with Crippen LogP contribution in [0.5, 0.6) is 0 Å². The Bertz CT molecular complexity index is 720. The average Bonchev–Trinajstić information content (AvgIpc) is 3.21. The molecule has 0 aromatic carbocycles. The van der Waals surface area contributed by atoms with E-state index in [-0.39, 0.29) is 18.4 Å². The number of halogens is 2. The molecule has 1 amide bonds. The van der Waals surface area contributed by atoms with E-state index in [1.165, 1.54) is 0 Å². The van der Waals surface area contributed by atoms with Crippen molar-refractivity contribution in [3.63, 3.8) is 0 Å². The molecule has 0 N–H and O–H groups in total. The van der Waals surface area contributed by atoms with Gasteiger partial charge in [0.1, 0.15) is 0 Å². The van der Waals surface area contributed by atoms with Gasteiger partial charge < -0.3 is 9.64 Å². The summed E-state index contributed by atoms with van der Waals surface area (Å²) in [6.07, 6.45) is 5.73. The van der Waals surface area contributed by atoms with Crippen molar-refractivity contribution in [3.8, 4) is 11.3 Å². The average molecular weight is 336 g/mol. The molecular formula is C16H18F2N4O2. The molecule has 0 saturated carbocycles. The number of carbonyl (C=O) groups excluding carboxylic acids is 1. The number of rotatable bonds is 5. The highest BCUT2D eigenvalue weighted by Gasteiger charge is 2.29. The quantitative estimate of drug-likeness (QED) is 0.840. The second-order valence-electron chi connectivity index (χ2n) is 5.80. The van der Waals surface area contributed by atoms with Crippen LogP contribution in [-0.4, -0.2) is 51.9 Å². The highest BCUT2D eigenvalue weighted by Crippen LogP contribution is 2.25. The molecule has 0 spiro atoms. The van der Waals surface area contributed by atoms with Crippen molar-refractivity contribution in [2.45, 2.75) is 13.0 Å². The number of hydrogen-bond acceptors (Lipinski definition) is 4. The van der Waals surface area contributed by atoms with E-state index in [0.29, 0.717) is 30.8 Å². The van der Waals surface area contributed by atoms with Crippen molar-refractivity contribution in [3.05, 3.63) is 36.3 Å². The minimum Gasteiger partial charge on any atom is -0.338 e. The van der Waals surface area contributed by atoms with Crippen molar-refractivity contribution < 1.29 is 18.3 Å². The summed E-state index contributed by atoms with van der Waals surface area (Å²) in [6, 6.07) is 3.43. The molecule has 1 atom stereocenters. The van der Waals surface area contributed by atoms with Crippen LogP contribution in [-0.2, 0) is 11.8 Å². The van der Waals surface area contributed by atoms with E-state index < -0.39 is 6.61 Å². The van der Waals surface area contributed by atoms with Gasteiger partial charge in [-0.2, -0.15) is 13.9 Å². The van der Waals surface area contributed by atoms with Crippen LogP contribution in [0.1, 0.15) is 16.8 Å². The first kappa shape index (κ1) is 16.5. The summed E-state index contributed by atoms with van der Waals surface area (Å²) in [5.41, 5.74) is 1.82. The third-order valence-corrected chi connectivity index (χ3v) is 4.05. The van der Waals surface area contributed by atoms with Gasteiger partial charge in [0.05, 0.1) is 24.1 Å². The Morgan fingerprint density at radius 2 is 2.33 bits per heavy atom. The van der Waals surface area contributed by atoms with Gasteiger partial charge in [0.2, 0.25) is 0 Å². The molecule has 1 unspecified atom stereocenters. The molecule has 128 valence electrons. The minimum absolute atomic E-state index is 0.0377. The zero-order valence-corrected chi connectivity index (χ0v) is 13.2. The van der Waals surface area contributed by atoms with Gasteiger partial charge in [-0.3, -0.25) is 14.5 Å². The predicted molar refractivity (Wildman–Crippen MR) is 82.4 cm³/mol. The first-order valence-electron chi connectivity index (χ1n) is 7.67. The number of ether oxygens (including phenoxy) is 1. The summed E-state index contributed by atoms with van der Waals surface area (Å²) in [7, 11) is 1.79. The van der Waals surface area contributed by atoms with Gasteiger partial charge in [0.15, 0.2) is 0 Å². The zero-order valence-electron chi connectivity index (χ0n) is 13.2. The first-order chi connectivity index (χ1) is 11.5. The number of hydrogen-bond donors (Lipinski definition) is 0. The molecule has 2 aromatic rings. The smallest absolute Gasteiger partial charge is 0.338 e. The number of nitrogens with zero attached hydrogens (tertiary/aromatic N) is 4. The SMILES string of the molecule is Cn1cc(-c2ncccc2C(=O)N2CCC(COC(F)F)C2)cn1. The summed E-state index contributed by atoms with van der Waals surface area (Å²) < 4.78 is 30.3. The van der Waals surface area contributed by atoms with Gasteiger partial charge in [-0.15, -0.1) is 0 Å². The predicted octanol–water partition coefficient (Wildman–Crippen LogP) is 2.18. The minimum atomic E-state index is -2.77. The maximum Gasteiger partial charge on any atom is 0.345 e. The lowest BCUT2D eigenvalue weighted by atomic mass is 10.1. The Balaban J connectivity index is 1.74. The lowest BCUT2D eigenvalue weighted by Crippen LogP contribution is -2.30. The summed E-state index contributed by atoms with van der Waals surface area (Å²) in [6.45, 7) is -1.88. The lowest BCUT2D eigenvalue weighted by Gasteiger charge is -2.18. The normalized spacial score (nSPS) is 17.7. The lowest BCUT2D eigenvalue weighted by molar-refractivity contribution is -0.137. The van der Waals surface area contributed by atoms with Crippen molar-refractivity contribution >= 4 is 5.91 Å². The Labute approximate surface area is 138 Å². The number of amides is 1. The van der Waals surface area contributed by atoms with Crippen LogP contribution in [0.15, 0.2) is 30.7 Å². The molecule has 8 heteroatoms. The fourth-order valence-corrected chi connectivity index (χ4v) is 2.88. The second-order valence-corrected chi connectivity index (χ2v) is 5.80. The van der Waals surface area contributed by atoms with Crippen molar-refractivity contribution in [1.29, 1.82) is 0 Å². The van der Waals surface area contributed by atoms with E-state index in [1.54, 1.807) is 47.4 Å². The zero-order chi connectivity index (χ0) is 17.1. The number of aromatic nitrogens is 3. The molecule has 6 nitrogen and oxygen atoms in total. The van der Waals surface area contributed by atoms with E-state index in [4.69, 9.17) is 0 Å². The fourth-order valence-electron chi connectivity index (χ4n) is 2.88. The molecule has 0 radical (unpaired) electrons. The van der Waals surface area contributed by atoms with E-state index in [1.807, 2.05) is 0 Å². The van der Waals surface area contributed by atoms with Gasteiger partial charge in [-0.1, -0.05) is 0 Å². The van der Waals surface area contributed by atoms with Gasteiger partial charge >= 0.3 is 6.61 Å². The van der Waals surface area contributed by atoms with E-state index >= 15 is 0 Å². The van der Waals surface area contributed by atoms with Gasteiger partial charge in [-0.05, 0) is 18.6 Å². The molecule has 24 heavy (non-hydrogen) atoms. The number of carbonyl (C=O) groups is 1. The molecule has 1 aliphatic rings. The molecule has 3 heterocycles. The summed E-state index contributed by atoms with van der Waals surface area (Å²) in [5, 5.41) is 4.11. The third kappa shape index (κ3) is 3.59. The van der Waals surface area contributed by atoms with Crippen LogP contribution >= 0.6 is 0 Å². The maximum atomic E-state index is 12.8. The van der Waals surface area contributed by atoms with Crippen molar-refractivity contribution in [2.75, 3.05) is 19.7 Å². The van der Waals surface area contributed by atoms with Crippen LogP contribution in [0.25, 0.3) is 11.3 Å². The van der Waals surface area contributed by atoms with Crippen molar-refractivity contribution in [1.82, 2.24) is 19.7 Å². The number of pyridine rings is 1. The van der Waals surface area contributed by atoms with Crippen molar-refractivity contribution in [2.24, 2.45) is 13.0 Å². The van der Waals surface area contributed by atoms with Gasteiger partial charge in [0, 0.05) is 44.0 Å². The van der Waals surface area contributed by atoms with Crippen LogP contribution in [0, 0.1) is 5.92 Å². The standard InChI is InChI=1S/C16H18F2N4O2/c1-21-9-12(7-20-21)14-13(3-2-5-19-14)15(23)22-6-4-11(8-22)10-24-16(17)18/h2-3,5,7,9,11,16H,4,6,8,10H2,1H3. The molecule has 1 fully saturated rings. The van der Waals surface area contributed by atoms with Crippen LogP contribution in [0.2, 0.25) is 0 Å². The summed E-state index contributed by atoms with van der Waals surface area (Å²) in [5.74, 6) is -0.219. The Hall–Kier alpha value is -2.35. The summed E-state index contributed by atoms with van der Waals surface area (Å²) in [4.78, 5) is 18.8. The molecule has 3 rings (SSSR count). The molecule has 1 aliphatic heterocycles. The Morgan fingerprint density at radius 3 is 3.04 bits per heavy atom. The molecule has 2 aromatic heterocycles. The third-order valence-electron chi connectivity index (χ3n) is 4.05. The summed E-state index contributed by atoms with van der Waals surface area (Å²) >= 11 is 0. The number of aryl methyl sites for hydroxylation is 1. The fraction of sp³-hybridized carbons (Fsp3) is 0.438. The molecule has 0 bridgehead atoms. The van der Waals surface area contributed by atoms with E-state index in [2.05, 4.69) is 14.8 Å². The van der Waals surface area contributed by atoms with Crippen LogP contribution < -0.4 is 0 Å². The number of likely N-dealkylation sites (tertiary alicyclic amines) is 1. The number of alkyl halides is 2. The van der Waals surface area contributed by atoms with Crippen LogP contribution in [0.3, 0.4) is 0 Å². The first-order valence-corrected chi connectivity index (χ1v) is 7.67. The highest BCUT2D eigenvalue weighted by atomic mass is 19.3. The second kappa shape index (κ2) is 7.04.